The lowest BCUT2D eigenvalue weighted by molar-refractivity contribution is 0.600. The fourth-order valence-electron chi connectivity index (χ4n) is 1.65. The highest BCUT2D eigenvalue weighted by molar-refractivity contribution is 9.10. The molecule has 1 aromatic carbocycles. The van der Waals surface area contributed by atoms with Gasteiger partial charge in [-0.25, -0.2) is 13.4 Å². The number of aryl methyl sites for hydroxylation is 1. The SMILES string of the molecule is Cc1cc(Br)c(N)cc1S(=O)(=O)Nc1cc(Br)cnc1Cl. The van der Waals surface area contributed by atoms with Crippen molar-refractivity contribution in [1.82, 2.24) is 4.98 Å². The second kappa shape index (κ2) is 6.12. The van der Waals surface area contributed by atoms with Crippen LogP contribution in [0.25, 0.3) is 0 Å². The van der Waals surface area contributed by atoms with E-state index in [9.17, 15) is 8.42 Å². The van der Waals surface area contributed by atoms with Crippen LogP contribution in [0.5, 0.6) is 0 Å². The zero-order valence-corrected chi connectivity index (χ0v) is 15.4. The van der Waals surface area contributed by atoms with Crippen molar-refractivity contribution in [1.29, 1.82) is 0 Å². The molecule has 1 aromatic heterocycles. The largest absolute Gasteiger partial charge is 0.398 e. The predicted octanol–water partition coefficient (Wildman–Crippen LogP) is 3.95. The van der Waals surface area contributed by atoms with E-state index in [0.29, 0.717) is 20.2 Å². The molecule has 21 heavy (non-hydrogen) atoms. The minimum Gasteiger partial charge on any atom is -0.398 e. The zero-order valence-electron chi connectivity index (χ0n) is 10.7. The highest BCUT2D eigenvalue weighted by Gasteiger charge is 2.20. The van der Waals surface area contributed by atoms with Crippen LogP contribution in [0.15, 0.2) is 38.2 Å². The first-order valence-corrected chi connectivity index (χ1v) is 9.05. The van der Waals surface area contributed by atoms with Crippen molar-refractivity contribution in [3.8, 4) is 0 Å². The maximum atomic E-state index is 12.5. The van der Waals surface area contributed by atoms with E-state index < -0.39 is 10.0 Å². The number of rotatable bonds is 3. The molecule has 0 atom stereocenters. The molecule has 0 radical (unpaired) electrons. The van der Waals surface area contributed by atoms with Crippen LogP contribution in [0.4, 0.5) is 11.4 Å². The molecule has 9 heteroatoms. The predicted molar refractivity (Wildman–Crippen MR) is 91.0 cm³/mol. The first-order valence-electron chi connectivity index (χ1n) is 5.60. The summed E-state index contributed by atoms with van der Waals surface area (Å²) in [6.07, 6.45) is 1.48. The van der Waals surface area contributed by atoms with Crippen molar-refractivity contribution in [2.24, 2.45) is 0 Å². The average molecular weight is 456 g/mol. The molecule has 0 fully saturated rings. The number of nitrogens with zero attached hydrogens (tertiary/aromatic N) is 1. The van der Waals surface area contributed by atoms with Crippen LogP contribution in [0.2, 0.25) is 5.15 Å². The normalized spacial score (nSPS) is 11.4. The summed E-state index contributed by atoms with van der Waals surface area (Å²) < 4.78 is 28.6. The van der Waals surface area contributed by atoms with E-state index in [1.165, 1.54) is 18.3 Å². The molecule has 3 N–H and O–H groups in total. The van der Waals surface area contributed by atoms with E-state index in [-0.39, 0.29) is 15.7 Å². The summed E-state index contributed by atoms with van der Waals surface area (Å²) in [5.74, 6) is 0. The number of sulfonamides is 1. The summed E-state index contributed by atoms with van der Waals surface area (Å²) >= 11 is 12.4. The second-order valence-electron chi connectivity index (χ2n) is 4.24. The summed E-state index contributed by atoms with van der Waals surface area (Å²) in [4.78, 5) is 3.95. The lowest BCUT2D eigenvalue weighted by Crippen LogP contribution is -2.15. The minimum atomic E-state index is -3.82. The fraction of sp³-hybridized carbons (Fsp3) is 0.0833. The van der Waals surface area contributed by atoms with E-state index in [2.05, 4.69) is 41.6 Å². The first kappa shape index (κ1) is 16.5. The number of nitrogen functional groups attached to an aromatic ring is 1. The van der Waals surface area contributed by atoms with E-state index >= 15 is 0 Å². The topological polar surface area (TPSA) is 85.1 Å². The second-order valence-corrected chi connectivity index (χ2v) is 8.02. The van der Waals surface area contributed by atoms with Crippen LogP contribution in [0.3, 0.4) is 0 Å². The van der Waals surface area contributed by atoms with E-state index in [1.54, 1.807) is 13.0 Å². The Kier molecular flexibility index (Phi) is 4.82. The lowest BCUT2D eigenvalue weighted by atomic mass is 10.2. The van der Waals surface area contributed by atoms with Crippen LogP contribution in [-0.2, 0) is 10.0 Å². The number of halogens is 3. The third-order valence-electron chi connectivity index (χ3n) is 2.63. The Bertz CT molecular complexity index is 812. The standard InChI is InChI=1S/C12H10Br2ClN3O2S/c1-6-2-8(14)9(16)4-11(6)21(19,20)18-10-3-7(13)5-17-12(10)15/h2-5,18H,16H2,1H3. The minimum absolute atomic E-state index is 0.0597. The van der Waals surface area contributed by atoms with Crippen molar-refractivity contribution < 1.29 is 8.42 Å². The van der Waals surface area contributed by atoms with Crippen LogP contribution < -0.4 is 10.5 Å². The maximum Gasteiger partial charge on any atom is 0.262 e. The Morgan fingerprint density at radius 3 is 2.62 bits per heavy atom. The van der Waals surface area contributed by atoms with Crippen molar-refractivity contribution in [2.45, 2.75) is 11.8 Å². The van der Waals surface area contributed by atoms with Crippen LogP contribution in [0, 0.1) is 6.92 Å². The molecule has 2 aromatic rings. The number of hydrogen-bond donors (Lipinski definition) is 2. The van der Waals surface area contributed by atoms with Crippen LogP contribution >= 0.6 is 43.5 Å². The number of hydrogen-bond acceptors (Lipinski definition) is 4. The fourth-order valence-corrected chi connectivity index (χ4v) is 3.97. The molecule has 0 unspecified atom stereocenters. The Morgan fingerprint density at radius 2 is 1.95 bits per heavy atom. The van der Waals surface area contributed by atoms with Crippen molar-refractivity contribution in [3.63, 3.8) is 0 Å². The number of nitrogens with two attached hydrogens (primary N) is 1. The van der Waals surface area contributed by atoms with Crippen molar-refractivity contribution in [2.75, 3.05) is 10.5 Å². The summed E-state index contributed by atoms with van der Waals surface area (Å²) in [5, 5.41) is 0.0597. The Balaban J connectivity index is 2.48. The van der Waals surface area contributed by atoms with E-state index in [0.717, 1.165) is 0 Å². The molecule has 0 spiro atoms. The monoisotopic (exact) mass is 453 g/mol. The van der Waals surface area contributed by atoms with Gasteiger partial charge in [0.2, 0.25) is 0 Å². The molecule has 0 bridgehead atoms. The van der Waals surface area contributed by atoms with E-state index in [1.807, 2.05) is 0 Å². The number of nitrogens with one attached hydrogen (secondary N) is 1. The molecule has 0 amide bonds. The summed E-state index contributed by atoms with van der Waals surface area (Å²) in [7, 11) is -3.82. The van der Waals surface area contributed by atoms with Gasteiger partial charge in [0.25, 0.3) is 10.0 Å². The molecule has 1 heterocycles. The highest BCUT2D eigenvalue weighted by Crippen LogP contribution is 2.30. The summed E-state index contributed by atoms with van der Waals surface area (Å²) in [6, 6.07) is 4.57. The number of pyridine rings is 1. The van der Waals surface area contributed by atoms with Crippen molar-refractivity contribution in [3.05, 3.63) is 44.1 Å². The highest BCUT2D eigenvalue weighted by atomic mass is 79.9. The van der Waals surface area contributed by atoms with Gasteiger partial charge in [-0.1, -0.05) is 11.6 Å². The smallest absolute Gasteiger partial charge is 0.262 e. The molecule has 112 valence electrons. The van der Waals surface area contributed by atoms with Gasteiger partial charge in [-0.15, -0.1) is 0 Å². The number of anilines is 2. The molecule has 0 aliphatic carbocycles. The van der Waals surface area contributed by atoms with Gasteiger partial charge in [0.1, 0.15) is 0 Å². The van der Waals surface area contributed by atoms with E-state index in [4.69, 9.17) is 17.3 Å². The molecule has 0 aliphatic rings. The summed E-state index contributed by atoms with van der Waals surface area (Å²) in [6.45, 7) is 1.68. The van der Waals surface area contributed by atoms with Gasteiger partial charge in [-0.3, -0.25) is 4.72 Å². The van der Waals surface area contributed by atoms with Crippen LogP contribution in [0.1, 0.15) is 5.56 Å². The Labute approximate surface area is 144 Å². The van der Waals surface area contributed by atoms with Gasteiger partial charge >= 0.3 is 0 Å². The third-order valence-corrected chi connectivity index (χ3v) is 5.56. The van der Waals surface area contributed by atoms with Crippen molar-refractivity contribution >= 4 is 64.9 Å². The molecular formula is C12H10Br2ClN3O2S. The van der Waals surface area contributed by atoms with Gasteiger partial charge in [-0.2, -0.15) is 0 Å². The van der Waals surface area contributed by atoms with Crippen LogP contribution in [-0.4, -0.2) is 13.4 Å². The van der Waals surface area contributed by atoms with Gasteiger partial charge < -0.3 is 5.73 Å². The van der Waals surface area contributed by atoms with Gasteiger partial charge in [0.05, 0.1) is 10.6 Å². The molecule has 0 aliphatic heterocycles. The molecular weight excluding hydrogens is 445 g/mol. The van der Waals surface area contributed by atoms with Gasteiger partial charge in [-0.05, 0) is 62.5 Å². The third kappa shape index (κ3) is 3.68. The van der Waals surface area contributed by atoms with Gasteiger partial charge in [0, 0.05) is 20.8 Å². The average Bonchev–Trinajstić information content (AvgIpc) is 2.37. The van der Waals surface area contributed by atoms with Gasteiger partial charge in [0.15, 0.2) is 5.15 Å². The Hall–Kier alpha value is -0.830. The number of benzene rings is 1. The molecule has 0 saturated carbocycles. The molecule has 2 rings (SSSR count). The quantitative estimate of drug-likeness (QED) is 0.542. The maximum absolute atomic E-state index is 12.5. The number of aromatic nitrogens is 1. The summed E-state index contributed by atoms with van der Waals surface area (Å²) in [5.41, 5.74) is 6.83. The first-order chi connectivity index (χ1) is 9.70. The Morgan fingerprint density at radius 1 is 1.29 bits per heavy atom. The zero-order chi connectivity index (χ0) is 15.8. The lowest BCUT2D eigenvalue weighted by Gasteiger charge is -2.12. The molecule has 5 nitrogen and oxygen atoms in total. The molecule has 0 saturated heterocycles.